The first-order valence-corrected chi connectivity index (χ1v) is 7.58. The van der Waals surface area contributed by atoms with E-state index in [0.717, 1.165) is 38.5 Å². The van der Waals surface area contributed by atoms with Gasteiger partial charge in [-0.2, -0.15) is 0 Å². The van der Waals surface area contributed by atoms with Crippen LogP contribution in [-0.4, -0.2) is 49.2 Å². The van der Waals surface area contributed by atoms with E-state index in [1.807, 2.05) is 18.7 Å². The molecule has 0 aromatic carbocycles. The molecule has 1 fully saturated rings. The lowest BCUT2D eigenvalue weighted by Crippen LogP contribution is -2.39. The largest absolute Gasteiger partial charge is 0.368 e. The lowest BCUT2D eigenvalue weighted by atomic mass is 10.2. The summed E-state index contributed by atoms with van der Waals surface area (Å²) in [5.74, 6) is -0.842. The number of nitrogens with zero attached hydrogens (tertiary/aromatic N) is 3. The Morgan fingerprint density at radius 1 is 1.33 bits per heavy atom. The number of rotatable bonds is 4. The zero-order valence-electron chi connectivity index (χ0n) is 13.0. The van der Waals surface area contributed by atoms with Crippen LogP contribution in [0.1, 0.15) is 26.7 Å². The number of anilines is 2. The molecule has 0 aliphatic carbocycles. The van der Waals surface area contributed by atoms with Crippen LogP contribution in [0, 0.1) is 11.6 Å². The van der Waals surface area contributed by atoms with E-state index >= 15 is 0 Å². The Morgan fingerprint density at radius 2 is 2.10 bits per heavy atom. The Labute approximate surface area is 125 Å². The third-order valence-corrected chi connectivity index (χ3v) is 3.77. The molecule has 6 heteroatoms. The highest BCUT2D eigenvalue weighted by atomic mass is 19.1. The molecular formula is C15H24F2N4. The molecule has 4 nitrogen and oxygen atoms in total. The summed E-state index contributed by atoms with van der Waals surface area (Å²) in [6.45, 7) is 7.20. The lowest BCUT2D eigenvalue weighted by Gasteiger charge is -2.29. The molecule has 0 amide bonds. The summed E-state index contributed by atoms with van der Waals surface area (Å²) in [6, 6.07) is 1.07. The molecule has 1 saturated heterocycles. The molecule has 1 N–H and O–H groups in total. The van der Waals surface area contributed by atoms with Crippen molar-refractivity contribution in [3.63, 3.8) is 0 Å². The maximum atomic E-state index is 14.2. The van der Waals surface area contributed by atoms with Gasteiger partial charge in [-0.1, -0.05) is 6.92 Å². The molecule has 1 aromatic rings. The highest BCUT2D eigenvalue weighted by molar-refractivity contribution is 5.50. The van der Waals surface area contributed by atoms with E-state index in [9.17, 15) is 8.78 Å². The van der Waals surface area contributed by atoms with E-state index in [-0.39, 0.29) is 17.7 Å². The van der Waals surface area contributed by atoms with Crippen molar-refractivity contribution in [2.45, 2.75) is 32.7 Å². The molecule has 0 bridgehead atoms. The van der Waals surface area contributed by atoms with Crippen LogP contribution >= 0.6 is 0 Å². The normalized spacial score (nSPS) is 20.4. The molecule has 1 aromatic heterocycles. The second-order valence-electron chi connectivity index (χ2n) is 5.71. The van der Waals surface area contributed by atoms with Crippen LogP contribution in [0.15, 0.2) is 6.07 Å². The fourth-order valence-electron chi connectivity index (χ4n) is 2.71. The summed E-state index contributed by atoms with van der Waals surface area (Å²) in [6.07, 6.45) is 1.80. The molecule has 1 atom stereocenters. The molecule has 118 valence electrons. The van der Waals surface area contributed by atoms with Crippen LogP contribution in [0.25, 0.3) is 0 Å². The fourth-order valence-corrected chi connectivity index (χ4v) is 2.71. The minimum atomic E-state index is -0.635. The molecular weight excluding hydrogens is 274 g/mol. The van der Waals surface area contributed by atoms with Gasteiger partial charge in [0.25, 0.3) is 0 Å². The van der Waals surface area contributed by atoms with Gasteiger partial charge in [0.1, 0.15) is 0 Å². The van der Waals surface area contributed by atoms with E-state index in [0.29, 0.717) is 6.54 Å². The zero-order chi connectivity index (χ0) is 15.4. The van der Waals surface area contributed by atoms with Gasteiger partial charge in [0.05, 0.1) is 0 Å². The summed E-state index contributed by atoms with van der Waals surface area (Å²) in [5, 5.41) is 2.92. The van der Waals surface area contributed by atoms with Crippen molar-refractivity contribution in [3.8, 4) is 0 Å². The van der Waals surface area contributed by atoms with Crippen molar-refractivity contribution < 1.29 is 8.78 Å². The van der Waals surface area contributed by atoms with Crippen molar-refractivity contribution in [2.24, 2.45) is 0 Å². The predicted octanol–water partition coefficient (Wildman–Crippen LogP) is 2.71. The third kappa shape index (κ3) is 3.81. The molecule has 1 unspecified atom stereocenters. The number of aromatic nitrogens is 1. The molecule has 1 aliphatic rings. The highest BCUT2D eigenvalue weighted by Crippen LogP contribution is 2.25. The van der Waals surface area contributed by atoms with Gasteiger partial charge in [0.15, 0.2) is 23.3 Å². The maximum absolute atomic E-state index is 14.2. The number of halogens is 2. The molecule has 2 heterocycles. The van der Waals surface area contributed by atoms with Crippen LogP contribution in [0.5, 0.6) is 0 Å². The number of hydrogen-bond acceptors (Lipinski definition) is 4. The fraction of sp³-hybridized carbons (Fsp3) is 0.667. The molecule has 21 heavy (non-hydrogen) atoms. The van der Waals surface area contributed by atoms with Crippen molar-refractivity contribution in [1.29, 1.82) is 0 Å². The van der Waals surface area contributed by atoms with Crippen molar-refractivity contribution in [2.75, 3.05) is 43.4 Å². The third-order valence-electron chi connectivity index (χ3n) is 3.77. The molecule has 0 saturated carbocycles. The van der Waals surface area contributed by atoms with Gasteiger partial charge in [-0.15, -0.1) is 0 Å². The van der Waals surface area contributed by atoms with Crippen LogP contribution < -0.4 is 10.2 Å². The Hall–Kier alpha value is -1.43. The quantitative estimate of drug-likeness (QED) is 0.926. The molecule has 1 aliphatic heterocycles. The van der Waals surface area contributed by atoms with E-state index in [2.05, 4.69) is 22.2 Å². The average Bonchev–Trinajstić information content (AvgIpc) is 2.59. The van der Waals surface area contributed by atoms with Crippen molar-refractivity contribution >= 4 is 11.6 Å². The first-order valence-electron chi connectivity index (χ1n) is 7.58. The number of hydrogen-bond donors (Lipinski definition) is 1. The van der Waals surface area contributed by atoms with Gasteiger partial charge < -0.3 is 15.1 Å². The van der Waals surface area contributed by atoms with E-state index in [4.69, 9.17) is 0 Å². The van der Waals surface area contributed by atoms with E-state index in [1.165, 1.54) is 0 Å². The van der Waals surface area contributed by atoms with Crippen LogP contribution in [-0.2, 0) is 0 Å². The number of likely N-dealkylation sites (N-methyl/N-ethyl adjacent to an activating group) is 1. The monoisotopic (exact) mass is 298 g/mol. The van der Waals surface area contributed by atoms with Gasteiger partial charge in [-0.25, -0.2) is 13.8 Å². The topological polar surface area (TPSA) is 31.4 Å². The van der Waals surface area contributed by atoms with E-state index in [1.54, 1.807) is 0 Å². The minimum Gasteiger partial charge on any atom is -0.368 e. The zero-order valence-corrected chi connectivity index (χ0v) is 13.0. The molecule has 0 radical (unpaired) electrons. The second kappa shape index (κ2) is 7.02. The van der Waals surface area contributed by atoms with Gasteiger partial charge in [0, 0.05) is 31.7 Å². The Bertz CT molecular complexity index is 481. The SMILES string of the molecule is CCCNc1nc(N2CCCN(C)CC2C)c(F)cc1F. The first kappa shape index (κ1) is 15.9. The first-order chi connectivity index (χ1) is 10.0. The van der Waals surface area contributed by atoms with Crippen molar-refractivity contribution in [3.05, 3.63) is 17.7 Å². The second-order valence-corrected chi connectivity index (χ2v) is 5.71. The predicted molar refractivity (Wildman–Crippen MR) is 81.9 cm³/mol. The van der Waals surface area contributed by atoms with Crippen LogP contribution in [0.4, 0.5) is 20.4 Å². The van der Waals surface area contributed by atoms with Gasteiger partial charge >= 0.3 is 0 Å². The van der Waals surface area contributed by atoms with Gasteiger partial charge in [-0.05, 0) is 33.4 Å². The minimum absolute atomic E-state index is 0.137. The Balaban J connectivity index is 2.28. The standard InChI is InChI=1S/C15H24F2N4/c1-4-6-18-14-12(16)9-13(17)15(19-14)21-8-5-7-20(3)10-11(21)2/h9,11H,4-8,10H2,1-3H3,(H,18,19). The molecule has 0 spiro atoms. The lowest BCUT2D eigenvalue weighted by molar-refractivity contribution is 0.336. The molecule has 2 rings (SSSR count). The van der Waals surface area contributed by atoms with Crippen LogP contribution in [0.3, 0.4) is 0 Å². The Morgan fingerprint density at radius 3 is 2.81 bits per heavy atom. The van der Waals surface area contributed by atoms with Gasteiger partial charge in [0.2, 0.25) is 0 Å². The van der Waals surface area contributed by atoms with E-state index < -0.39 is 11.6 Å². The average molecular weight is 298 g/mol. The number of nitrogens with one attached hydrogen (secondary N) is 1. The Kier molecular flexibility index (Phi) is 5.33. The van der Waals surface area contributed by atoms with Gasteiger partial charge in [-0.3, -0.25) is 0 Å². The summed E-state index contributed by atoms with van der Waals surface area (Å²) in [5.41, 5.74) is 0. The van der Waals surface area contributed by atoms with Crippen molar-refractivity contribution in [1.82, 2.24) is 9.88 Å². The summed E-state index contributed by atoms with van der Waals surface area (Å²) < 4.78 is 27.9. The summed E-state index contributed by atoms with van der Waals surface area (Å²) in [4.78, 5) is 8.36. The highest BCUT2D eigenvalue weighted by Gasteiger charge is 2.24. The smallest absolute Gasteiger partial charge is 0.168 e. The maximum Gasteiger partial charge on any atom is 0.168 e. The summed E-state index contributed by atoms with van der Waals surface area (Å²) in [7, 11) is 2.06. The number of pyridine rings is 1. The summed E-state index contributed by atoms with van der Waals surface area (Å²) >= 11 is 0. The van der Waals surface area contributed by atoms with Crippen LogP contribution in [0.2, 0.25) is 0 Å².